The summed E-state index contributed by atoms with van der Waals surface area (Å²) >= 11 is 0. The number of halogens is 1. The summed E-state index contributed by atoms with van der Waals surface area (Å²) in [4.78, 5) is 0. The summed E-state index contributed by atoms with van der Waals surface area (Å²) in [6.07, 6.45) is 1.06. The minimum Gasteiger partial charge on any atom is -0.308 e. The monoisotopic (exact) mass is 209 g/mol. The van der Waals surface area contributed by atoms with E-state index in [0.29, 0.717) is 0 Å². The maximum absolute atomic E-state index is 13.0. The zero-order valence-electron chi connectivity index (χ0n) is 10.0. The molecule has 15 heavy (non-hydrogen) atoms. The van der Waals surface area contributed by atoms with Crippen LogP contribution in [0.3, 0.4) is 0 Å². The quantitative estimate of drug-likeness (QED) is 0.801. The maximum Gasteiger partial charge on any atom is 0.123 e. The number of hydrogen-bond donors (Lipinski definition) is 1. The van der Waals surface area contributed by atoms with Gasteiger partial charge in [-0.15, -0.1) is 0 Å². The summed E-state index contributed by atoms with van der Waals surface area (Å²) in [7, 11) is 0. The van der Waals surface area contributed by atoms with E-state index in [2.05, 4.69) is 26.1 Å². The fourth-order valence-electron chi connectivity index (χ4n) is 1.29. The van der Waals surface area contributed by atoms with E-state index in [9.17, 15) is 4.39 Å². The average Bonchev–Trinajstić information content (AvgIpc) is 2.20. The van der Waals surface area contributed by atoms with Gasteiger partial charge in [0.25, 0.3) is 0 Å². The third kappa shape index (κ3) is 3.63. The van der Waals surface area contributed by atoms with E-state index in [1.54, 1.807) is 6.07 Å². The summed E-state index contributed by atoms with van der Waals surface area (Å²) in [5.41, 5.74) is 2.28. The molecule has 0 radical (unpaired) electrons. The molecule has 0 bridgehead atoms. The predicted octanol–water partition coefficient (Wildman–Crippen LogP) is 3.41. The molecule has 0 saturated carbocycles. The van der Waals surface area contributed by atoms with E-state index in [1.165, 1.54) is 6.07 Å². The van der Waals surface area contributed by atoms with E-state index in [-0.39, 0.29) is 11.4 Å². The fraction of sp³-hybridized carbons (Fsp3) is 0.538. The van der Waals surface area contributed by atoms with Crippen molar-refractivity contribution >= 4 is 0 Å². The van der Waals surface area contributed by atoms with Crippen LogP contribution >= 0.6 is 0 Å². The lowest BCUT2D eigenvalue weighted by molar-refractivity contribution is 0.374. The van der Waals surface area contributed by atoms with E-state index in [0.717, 1.165) is 24.1 Å². The first-order chi connectivity index (χ1) is 6.94. The Labute approximate surface area is 91.7 Å². The third-order valence-electron chi connectivity index (χ3n) is 2.95. The molecule has 0 atom stereocenters. The molecule has 1 nitrogen and oxygen atoms in total. The lowest BCUT2D eigenvalue weighted by Gasteiger charge is -2.25. The number of nitrogens with one attached hydrogen (secondary N) is 1. The summed E-state index contributed by atoms with van der Waals surface area (Å²) in [5.74, 6) is -0.160. The molecular formula is C13H20FN. The zero-order chi connectivity index (χ0) is 11.5. The van der Waals surface area contributed by atoms with Crippen molar-refractivity contribution in [3.63, 3.8) is 0 Å². The van der Waals surface area contributed by atoms with Crippen molar-refractivity contribution in [1.29, 1.82) is 0 Å². The first-order valence-electron chi connectivity index (χ1n) is 5.44. The Morgan fingerprint density at radius 3 is 2.60 bits per heavy atom. The van der Waals surface area contributed by atoms with Gasteiger partial charge in [0.1, 0.15) is 5.82 Å². The molecule has 0 aromatic heterocycles. The van der Waals surface area contributed by atoms with Crippen LogP contribution in [-0.2, 0) is 6.54 Å². The van der Waals surface area contributed by atoms with Gasteiger partial charge in [-0.3, -0.25) is 0 Å². The highest BCUT2D eigenvalue weighted by molar-refractivity contribution is 5.26. The van der Waals surface area contributed by atoms with Crippen LogP contribution in [0, 0.1) is 12.7 Å². The highest BCUT2D eigenvalue weighted by Gasteiger charge is 2.13. The Morgan fingerprint density at radius 2 is 2.00 bits per heavy atom. The van der Waals surface area contributed by atoms with Crippen molar-refractivity contribution in [2.24, 2.45) is 0 Å². The molecule has 1 N–H and O–H groups in total. The van der Waals surface area contributed by atoms with Crippen LogP contribution in [0.1, 0.15) is 38.3 Å². The van der Waals surface area contributed by atoms with Gasteiger partial charge in [-0.05, 0) is 50.5 Å². The molecule has 0 spiro atoms. The van der Waals surface area contributed by atoms with E-state index >= 15 is 0 Å². The van der Waals surface area contributed by atoms with Gasteiger partial charge in [0.2, 0.25) is 0 Å². The highest BCUT2D eigenvalue weighted by Crippen LogP contribution is 2.13. The number of rotatable bonds is 4. The van der Waals surface area contributed by atoms with Crippen LogP contribution in [0.25, 0.3) is 0 Å². The van der Waals surface area contributed by atoms with Gasteiger partial charge in [0.05, 0.1) is 0 Å². The van der Waals surface area contributed by atoms with Gasteiger partial charge in [0, 0.05) is 12.1 Å². The van der Waals surface area contributed by atoms with Crippen molar-refractivity contribution in [2.75, 3.05) is 0 Å². The zero-order valence-corrected chi connectivity index (χ0v) is 10.0. The van der Waals surface area contributed by atoms with Gasteiger partial charge in [-0.2, -0.15) is 0 Å². The molecular weight excluding hydrogens is 189 g/mol. The van der Waals surface area contributed by atoms with Crippen molar-refractivity contribution < 1.29 is 4.39 Å². The van der Waals surface area contributed by atoms with E-state index in [4.69, 9.17) is 0 Å². The van der Waals surface area contributed by atoms with Crippen LogP contribution in [0.4, 0.5) is 4.39 Å². The van der Waals surface area contributed by atoms with Crippen molar-refractivity contribution in [1.82, 2.24) is 5.32 Å². The minimum atomic E-state index is -0.160. The molecule has 0 unspecified atom stereocenters. The van der Waals surface area contributed by atoms with Gasteiger partial charge < -0.3 is 5.32 Å². The Hall–Kier alpha value is -0.890. The molecule has 1 aromatic rings. The molecule has 0 heterocycles. The van der Waals surface area contributed by atoms with Crippen molar-refractivity contribution in [3.8, 4) is 0 Å². The summed E-state index contributed by atoms with van der Waals surface area (Å²) in [6.45, 7) is 9.19. The first kappa shape index (κ1) is 12.2. The second kappa shape index (κ2) is 4.75. The van der Waals surface area contributed by atoms with Crippen LogP contribution in [-0.4, -0.2) is 5.54 Å². The van der Waals surface area contributed by atoms with Gasteiger partial charge in [-0.25, -0.2) is 4.39 Å². The minimum absolute atomic E-state index is 0.110. The fourth-order valence-corrected chi connectivity index (χ4v) is 1.29. The van der Waals surface area contributed by atoms with Crippen LogP contribution in [0.2, 0.25) is 0 Å². The van der Waals surface area contributed by atoms with Crippen molar-refractivity contribution in [2.45, 2.75) is 46.2 Å². The molecule has 1 rings (SSSR count). The van der Waals surface area contributed by atoms with E-state index in [1.807, 2.05) is 13.0 Å². The van der Waals surface area contributed by atoms with Gasteiger partial charge in [0.15, 0.2) is 0 Å². The lowest BCUT2D eigenvalue weighted by Crippen LogP contribution is -2.37. The highest BCUT2D eigenvalue weighted by atomic mass is 19.1. The second-order valence-electron chi connectivity index (χ2n) is 4.66. The van der Waals surface area contributed by atoms with Gasteiger partial charge in [-0.1, -0.05) is 13.0 Å². The van der Waals surface area contributed by atoms with Crippen molar-refractivity contribution in [3.05, 3.63) is 35.1 Å². The summed E-state index contributed by atoms with van der Waals surface area (Å²) < 4.78 is 13.0. The average molecular weight is 209 g/mol. The van der Waals surface area contributed by atoms with Crippen LogP contribution in [0.15, 0.2) is 18.2 Å². The number of aryl methyl sites for hydroxylation is 1. The SMILES string of the molecule is CCC(C)(C)NCc1cc(F)ccc1C. The number of benzene rings is 1. The van der Waals surface area contributed by atoms with Crippen LogP contribution in [0.5, 0.6) is 0 Å². The standard InChI is InChI=1S/C13H20FN/c1-5-13(3,4)15-9-11-8-12(14)7-6-10(11)2/h6-8,15H,5,9H2,1-4H3. The molecule has 0 saturated heterocycles. The Bertz CT molecular complexity index is 331. The molecule has 1 aromatic carbocycles. The van der Waals surface area contributed by atoms with Gasteiger partial charge >= 0.3 is 0 Å². The molecule has 0 aliphatic carbocycles. The Balaban J connectivity index is 2.69. The van der Waals surface area contributed by atoms with E-state index < -0.39 is 0 Å². The Kier molecular flexibility index (Phi) is 3.86. The molecule has 0 fully saturated rings. The molecule has 0 amide bonds. The smallest absolute Gasteiger partial charge is 0.123 e. The maximum atomic E-state index is 13.0. The second-order valence-corrected chi connectivity index (χ2v) is 4.66. The number of hydrogen-bond acceptors (Lipinski definition) is 1. The lowest BCUT2D eigenvalue weighted by atomic mass is 10.0. The third-order valence-corrected chi connectivity index (χ3v) is 2.95. The Morgan fingerprint density at radius 1 is 1.33 bits per heavy atom. The normalized spacial score (nSPS) is 11.8. The summed E-state index contributed by atoms with van der Waals surface area (Å²) in [5, 5.41) is 3.43. The first-order valence-corrected chi connectivity index (χ1v) is 5.44. The largest absolute Gasteiger partial charge is 0.308 e. The molecule has 84 valence electrons. The van der Waals surface area contributed by atoms with Crippen LogP contribution < -0.4 is 5.32 Å². The molecule has 2 heteroatoms. The predicted molar refractivity (Wildman–Crippen MR) is 62.3 cm³/mol. The molecule has 0 aliphatic rings. The topological polar surface area (TPSA) is 12.0 Å². The molecule has 0 aliphatic heterocycles. The summed E-state index contributed by atoms with van der Waals surface area (Å²) in [6, 6.07) is 4.93.